The Morgan fingerprint density at radius 2 is 2.15 bits per heavy atom. The number of halogens is 1. The summed E-state index contributed by atoms with van der Waals surface area (Å²) in [6, 6.07) is 3.98. The zero-order valence-electron chi connectivity index (χ0n) is 12.1. The first-order chi connectivity index (χ1) is 9.49. The molecule has 0 unspecified atom stereocenters. The van der Waals surface area contributed by atoms with Gasteiger partial charge in [0.2, 0.25) is 5.91 Å². The van der Waals surface area contributed by atoms with E-state index < -0.39 is 5.82 Å². The van der Waals surface area contributed by atoms with Gasteiger partial charge in [0.05, 0.1) is 11.4 Å². The highest BCUT2D eigenvalue weighted by Crippen LogP contribution is 2.19. The van der Waals surface area contributed by atoms with Gasteiger partial charge in [0.25, 0.3) is 0 Å². The fourth-order valence-corrected chi connectivity index (χ4v) is 2.81. The van der Waals surface area contributed by atoms with Gasteiger partial charge in [-0.15, -0.1) is 0 Å². The first kappa shape index (κ1) is 16.8. The first-order valence-corrected chi connectivity index (χ1v) is 8.07. The number of hydrogen-bond acceptors (Lipinski definition) is 3. The molecule has 0 atom stereocenters. The van der Waals surface area contributed by atoms with E-state index >= 15 is 0 Å². The van der Waals surface area contributed by atoms with Crippen molar-refractivity contribution < 1.29 is 9.18 Å². The molecule has 0 aliphatic carbocycles. The number of anilines is 2. The maximum absolute atomic E-state index is 12.9. The molecule has 20 heavy (non-hydrogen) atoms. The van der Waals surface area contributed by atoms with E-state index in [1.807, 2.05) is 11.8 Å². The van der Waals surface area contributed by atoms with Gasteiger partial charge in [-0.05, 0) is 48.5 Å². The second-order valence-electron chi connectivity index (χ2n) is 5.18. The Labute approximate surface area is 124 Å². The van der Waals surface area contributed by atoms with Crippen molar-refractivity contribution in [3.05, 3.63) is 24.0 Å². The van der Waals surface area contributed by atoms with E-state index in [1.165, 1.54) is 24.6 Å². The van der Waals surface area contributed by atoms with E-state index in [1.54, 1.807) is 0 Å². The van der Waals surface area contributed by atoms with Gasteiger partial charge in [0, 0.05) is 6.42 Å². The van der Waals surface area contributed by atoms with Crippen LogP contribution < -0.4 is 11.1 Å². The molecule has 0 radical (unpaired) electrons. The van der Waals surface area contributed by atoms with Gasteiger partial charge in [-0.2, -0.15) is 11.8 Å². The minimum absolute atomic E-state index is 0.0761. The number of carbonyl (C=O) groups is 1. The number of carbonyl (C=O) groups excluding carboxylic acids is 1. The third-order valence-corrected chi connectivity index (χ3v) is 3.92. The highest BCUT2D eigenvalue weighted by molar-refractivity contribution is 7.99. The van der Waals surface area contributed by atoms with E-state index in [4.69, 9.17) is 5.73 Å². The standard InChI is InChI=1S/C15H23FN2OS/c1-11(2)7-9-20-8-3-4-15(19)18-14-6-5-12(16)10-13(14)17/h5-6,10-11H,3-4,7-9,17H2,1-2H3,(H,18,19). The third kappa shape index (κ3) is 6.80. The fourth-order valence-electron chi connectivity index (χ4n) is 1.62. The number of rotatable bonds is 8. The fraction of sp³-hybridized carbons (Fsp3) is 0.533. The van der Waals surface area contributed by atoms with Crippen LogP contribution in [0.15, 0.2) is 18.2 Å². The number of amides is 1. The van der Waals surface area contributed by atoms with Crippen molar-refractivity contribution in [1.82, 2.24) is 0 Å². The van der Waals surface area contributed by atoms with Crippen molar-refractivity contribution in [1.29, 1.82) is 0 Å². The predicted molar refractivity (Wildman–Crippen MR) is 85.5 cm³/mol. The summed E-state index contributed by atoms with van der Waals surface area (Å²) in [7, 11) is 0. The van der Waals surface area contributed by atoms with Crippen molar-refractivity contribution in [3.63, 3.8) is 0 Å². The summed E-state index contributed by atoms with van der Waals surface area (Å²) in [5.41, 5.74) is 6.36. The number of benzene rings is 1. The zero-order chi connectivity index (χ0) is 15.0. The third-order valence-electron chi connectivity index (χ3n) is 2.82. The van der Waals surface area contributed by atoms with Crippen molar-refractivity contribution >= 4 is 29.0 Å². The normalized spacial score (nSPS) is 10.8. The van der Waals surface area contributed by atoms with Gasteiger partial charge >= 0.3 is 0 Å². The molecule has 0 fully saturated rings. The van der Waals surface area contributed by atoms with E-state index in [-0.39, 0.29) is 11.6 Å². The quantitative estimate of drug-likeness (QED) is 0.565. The van der Waals surface area contributed by atoms with Crippen LogP contribution in [-0.4, -0.2) is 17.4 Å². The number of nitrogens with two attached hydrogens (primary N) is 1. The summed E-state index contributed by atoms with van der Waals surface area (Å²) in [5.74, 6) is 2.38. The molecule has 1 aromatic carbocycles. The topological polar surface area (TPSA) is 55.1 Å². The summed E-state index contributed by atoms with van der Waals surface area (Å²) in [4.78, 5) is 11.7. The molecule has 0 bridgehead atoms. The lowest BCUT2D eigenvalue weighted by molar-refractivity contribution is -0.116. The van der Waals surface area contributed by atoms with Crippen LogP contribution in [-0.2, 0) is 4.79 Å². The molecule has 0 aromatic heterocycles. The molecular formula is C15H23FN2OS. The van der Waals surface area contributed by atoms with Crippen LogP contribution >= 0.6 is 11.8 Å². The highest BCUT2D eigenvalue weighted by atomic mass is 32.2. The van der Waals surface area contributed by atoms with Gasteiger partial charge in [-0.3, -0.25) is 4.79 Å². The average molecular weight is 298 g/mol. The number of nitrogens with one attached hydrogen (secondary N) is 1. The molecule has 0 heterocycles. The Kier molecular flexibility index (Phi) is 7.44. The molecule has 0 spiro atoms. The van der Waals surface area contributed by atoms with Crippen molar-refractivity contribution in [3.8, 4) is 0 Å². The maximum Gasteiger partial charge on any atom is 0.224 e. The lowest BCUT2D eigenvalue weighted by atomic mass is 10.2. The summed E-state index contributed by atoms with van der Waals surface area (Å²) in [6.45, 7) is 4.42. The molecule has 0 aliphatic heterocycles. The Hall–Kier alpha value is -1.23. The van der Waals surface area contributed by atoms with Gasteiger partial charge in [0.1, 0.15) is 5.82 Å². The van der Waals surface area contributed by atoms with Crippen molar-refractivity contribution in [2.45, 2.75) is 33.1 Å². The van der Waals surface area contributed by atoms with Crippen LogP contribution in [0.1, 0.15) is 33.1 Å². The lowest BCUT2D eigenvalue weighted by Gasteiger charge is -2.08. The van der Waals surface area contributed by atoms with Crippen LogP contribution in [0, 0.1) is 11.7 Å². The molecule has 1 aromatic rings. The Bertz CT molecular complexity index is 438. The average Bonchev–Trinajstić information content (AvgIpc) is 2.36. The second-order valence-corrected chi connectivity index (χ2v) is 6.40. The van der Waals surface area contributed by atoms with Crippen LogP contribution in [0.3, 0.4) is 0 Å². The van der Waals surface area contributed by atoms with Gasteiger partial charge < -0.3 is 11.1 Å². The molecule has 1 rings (SSSR count). The lowest BCUT2D eigenvalue weighted by Crippen LogP contribution is -2.13. The molecule has 112 valence electrons. The molecule has 3 N–H and O–H groups in total. The summed E-state index contributed by atoms with van der Waals surface area (Å²) >= 11 is 1.88. The van der Waals surface area contributed by atoms with E-state index in [2.05, 4.69) is 19.2 Å². The molecule has 1 amide bonds. The Morgan fingerprint density at radius 1 is 1.40 bits per heavy atom. The number of nitrogen functional groups attached to an aromatic ring is 1. The van der Waals surface area contributed by atoms with Crippen LogP contribution in [0.2, 0.25) is 0 Å². The van der Waals surface area contributed by atoms with E-state index in [9.17, 15) is 9.18 Å². The van der Waals surface area contributed by atoms with E-state index in [0.717, 1.165) is 23.8 Å². The van der Waals surface area contributed by atoms with Crippen molar-refractivity contribution in [2.24, 2.45) is 5.92 Å². The molecular weight excluding hydrogens is 275 g/mol. The maximum atomic E-state index is 12.9. The summed E-state index contributed by atoms with van der Waals surface area (Å²) < 4.78 is 12.9. The van der Waals surface area contributed by atoms with Crippen LogP contribution in [0.25, 0.3) is 0 Å². The smallest absolute Gasteiger partial charge is 0.224 e. The molecule has 0 saturated carbocycles. The zero-order valence-corrected chi connectivity index (χ0v) is 12.9. The predicted octanol–water partition coefficient (Wildman–Crippen LogP) is 3.91. The minimum atomic E-state index is -0.401. The largest absolute Gasteiger partial charge is 0.397 e. The minimum Gasteiger partial charge on any atom is -0.397 e. The Morgan fingerprint density at radius 3 is 2.80 bits per heavy atom. The first-order valence-electron chi connectivity index (χ1n) is 6.91. The number of thioether (sulfide) groups is 1. The van der Waals surface area contributed by atoms with Crippen LogP contribution in [0.5, 0.6) is 0 Å². The Balaban J connectivity index is 2.20. The van der Waals surface area contributed by atoms with Gasteiger partial charge in [0.15, 0.2) is 0 Å². The molecule has 5 heteroatoms. The number of hydrogen-bond donors (Lipinski definition) is 2. The van der Waals surface area contributed by atoms with Crippen LogP contribution in [0.4, 0.5) is 15.8 Å². The van der Waals surface area contributed by atoms with E-state index in [0.29, 0.717) is 12.1 Å². The monoisotopic (exact) mass is 298 g/mol. The second kappa shape index (κ2) is 8.84. The molecule has 3 nitrogen and oxygen atoms in total. The highest BCUT2D eigenvalue weighted by Gasteiger charge is 2.06. The summed E-state index contributed by atoms with van der Waals surface area (Å²) in [5, 5.41) is 2.71. The SMILES string of the molecule is CC(C)CCSCCCC(=O)Nc1ccc(F)cc1N. The molecule has 0 saturated heterocycles. The summed E-state index contributed by atoms with van der Waals surface area (Å²) in [6.07, 6.45) is 2.52. The van der Waals surface area contributed by atoms with Gasteiger partial charge in [-0.25, -0.2) is 4.39 Å². The molecule has 0 aliphatic rings. The van der Waals surface area contributed by atoms with Crippen molar-refractivity contribution in [2.75, 3.05) is 22.6 Å². The van der Waals surface area contributed by atoms with Gasteiger partial charge in [-0.1, -0.05) is 13.8 Å².